The summed E-state index contributed by atoms with van der Waals surface area (Å²) in [7, 11) is 0. The van der Waals surface area contributed by atoms with Crippen LogP contribution < -0.4 is 0 Å². The van der Waals surface area contributed by atoms with Crippen molar-refractivity contribution in [3.8, 4) is 0 Å². The molecule has 0 radical (unpaired) electrons. The number of nitrogens with zero attached hydrogens (tertiary/aromatic N) is 1. The molecule has 0 aliphatic heterocycles. The van der Waals surface area contributed by atoms with Crippen molar-refractivity contribution < 1.29 is 5.11 Å². The maximum absolute atomic E-state index is 8.54. The Morgan fingerprint density at radius 2 is 2.44 bits per heavy atom. The molecular weight excluding hydrogens is 140 g/mol. The number of nitrogens with one attached hydrogen (secondary N) is 1. The normalized spacial score (nSPS) is 8.67. The summed E-state index contributed by atoms with van der Waals surface area (Å²) in [5.41, 5.74) is 1.66. The van der Waals surface area contributed by atoms with Gasteiger partial charge in [0.15, 0.2) is 0 Å². The minimum Gasteiger partial charge on any atom is -0.390 e. The third-order valence-corrected chi connectivity index (χ3v) is 1.09. The number of aromatic amines is 1. The molecule has 9 heavy (non-hydrogen) atoms. The quantitative estimate of drug-likeness (QED) is 0.614. The Bertz CT molecular complexity index is 175. The highest BCUT2D eigenvalue weighted by Gasteiger charge is 1.94. The minimum absolute atomic E-state index is 0. The highest BCUT2D eigenvalue weighted by atomic mass is 35.5. The van der Waals surface area contributed by atoms with Crippen LogP contribution >= 0.6 is 12.4 Å². The van der Waals surface area contributed by atoms with Gasteiger partial charge in [0, 0.05) is 0 Å². The van der Waals surface area contributed by atoms with Gasteiger partial charge >= 0.3 is 0 Å². The van der Waals surface area contributed by atoms with E-state index in [4.69, 9.17) is 5.11 Å². The largest absolute Gasteiger partial charge is 0.390 e. The molecule has 0 atom stereocenters. The molecular formula is C5H9ClN2O. The SMILES string of the molecule is Cc1nc[nH]c1CO.Cl. The second kappa shape index (κ2) is 3.48. The highest BCUT2D eigenvalue weighted by molar-refractivity contribution is 5.85. The van der Waals surface area contributed by atoms with Crippen molar-refractivity contribution in [2.45, 2.75) is 13.5 Å². The molecule has 0 aliphatic rings. The molecule has 0 aromatic carbocycles. The van der Waals surface area contributed by atoms with Gasteiger partial charge in [0.1, 0.15) is 0 Å². The predicted molar refractivity (Wildman–Crippen MR) is 36.5 cm³/mol. The lowest BCUT2D eigenvalue weighted by Crippen LogP contribution is -1.84. The van der Waals surface area contributed by atoms with E-state index in [-0.39, 0.29) is 19.0 Å². The fourth-order valence-corrected chi connectivity index (χ4v) is 0.549. The molecule has 0 unspecified atom stereocenters. The van der Waals surface area contributed by atoms with Gasteiger partial charge < -0.3 is 10.1 Å². The maximum atomic E-state index is 8.54. The number of imidazole rings is 1. The van der Waals surface area contributed by atoms with Gasteiger partial charge in [-0.25, -0.2) is 4.98 Å². The van der Waals surface area contributed by atoms with E-state index in [1.54, 1.807) is 6.33 Å². The van der Waals surface area contributed by atoms with Crippen LogP contribution in [0.2, 0.25) is 0 Å². The topological polar surface area (TPSA) is 48.9 Å². The van der Waals surface area contributed by atoms with E-state index >= 15 is 0 Å². The Morgan fingerprint density at radius 1 is 1.78 bits per heavy atom. The number of aliphatic hydroxyl groups excluding tert-OH is 1. The summed E-state index contributed by atoms with van der Waals surface area (Å²) in [6, 6.07) is 0. The third-order valence-electron chi connectivity index (χ3n) is 1.09. The number of aryl methyl sites for hydroxylation is 1. The summed E-state index contributed by atoms with van der Waals surface area (Å²) in [6.45, 7) is 1.90. The lowest BCUT2D eigenvalue weighted by molar-refractivity contribution is 0.276. The third kappa shape index (κ3) is 1.69. The summed E-state index contributed by atoms with van der Waals surface area (Å²) in [6.07, 6.45) is 1.57. The Labute approximate surface area is 59.5 Å². The molecule has 52 valence electrons. The fourth-order valence-electron chi connectivity index (χ4n) is 0.549. The van der Waals surface area contributed by atoms with Gasteiger partial charge in [0.2, 0.25) is 0 Å². The van der Waals surface area contributed by atoms with Crippen molar-refractivity contribution >= 4 is 12.4 Å². The van der Waals surface area contributed by atoms with E-state index in [0.717, 1.165) is 11.4 Å². The molecule has 1 heterocycles. The monoisotopic (exact) mass is 148 g/mol. The van der Waals surface area contributed by atoms with Crippen LogP contribution in [0.4, 0.5) is 0 Å². The Hall–Kier alpha value is -0.540. The number of rotatable bonds is 1. The van der Waals surface area contributed by atoms with Gasteiger partial charge in [0.05, 0.1) is 24.3 Å². The van der Waals surface area contributed by atoms with Gasteiger partial charge in [-0.1, -0.05) is 0 Å². The molecule has 0 saturated carbocycles. The molecule has 0 amide bonds. The first-order chi connectivity index (χ1) is 3.84. The van der Waals surface area contributed by atoms with Gasteiger partial charge in [-0.05, 0) is 6.92 Å². The Kier molecular flexibility index (Phi) is 3.27. The standard InChI is InChI=1S/C5H8N2O.ClH/c1-4-5(2-8)7-3-6-4;/h3,8H,2H2,1H3,(H,6,7);1H. The summed E-state index contributed by atoms with van der Waals surface area (Å²) >= 11 is 0. The predicted octanol–water partition coefficient (Wildman–Crippen LogP) is 0.632. The van der Waals surface area contributed by atoms with E-state index in [2.05, 4.69) is 9.97 Å². The van der Waals surface area contributed by atoms with Gasteiger partial charge in [-0.15, -0.1) is 12.4 Å². The summed E-state index contributed by atoms with van der Waals surface area (Å²) in [5, 5.41) is 8.54. The lowest BCUT2D eigenvalue weighted by atomic mass is 10.4. The van der Waals surface area contributed by atoms with Crippen molar-refractivity contribution in [1.29, 1.82) is 0 Å². The molecule has 4 heteroatoms. The van der Waals surface area contributed by atoms with E-state index in [0.29, 0.717) is 0 Å². The Balaban J connectivity index is 0.000000640. The second-order valence-electron chi connectivity index (χ2n) is 1.62. The minimum atomic E-state index is 0. The second-order valence-corrected chi connectivity index (χ2v) is 1.62. The van der Waals surface area contributed by atoms with E-state index in [1.165, 1.54) is 0 Å². The highest BCUT2D eigenvalue weighted by Crippen LogP contribution is 1.97. The molecule has 1 aromatic rings. The van der Waals surface area contributed by atoms with Crippen LogP contribution in [0.15, 0.2) is 6.33 Å². The van der Waals surface area contributed by atoms with Crippen molar-refractivity contribution in [3.63, 3.8) is 0 Å². The lowest BCUT2D eigenvalue weighted by Gasteiger charge is -1.86. The van der Waals surface area contributed by atoms with Crippen LogP contribution in [-0.4, -0.2) is 15.1 Å². The van der Waals surface area contributed by atoms with Crippen LogP contribution in [-0.2, 0) is 6.61 Å². The number of hydrogen-bond acceptors (Lipinski definition) is 2. The fraction of sp³-hybridized carbons (Fsp3) is 0.400. The van der Waals surface area contributed by atoms with E-state index in [9.17, 15) is 0 Å². The van der Waals surface area contributed by atoms with Crippen molar-refractivity contribution in [2.24, 2.45) is 0 Å². The van der Waals surface area contributed by atoms with Crippen LogP contribution in [0.1, 0.15) is 11.4 Å². The Morgan fingerprint density at radius 3 is 2.67 bits per heavy atom. The van der Waals surface area contributed by atoms with Crippen LogP contribution in [0.5, 0.6) is 0 Å². The van der Waals surface area contributed by atoms with E-state index in [1.807, 2.05) is 6.92 Å². The molecule has 0 fully saturated rings. The number of hydrogen-bond donors (Lipinski definition) is 2. The first kappa shape index (κ1) is 8.46. The van der Waals surface area contributed by atoms with Gasteiger partial charge in [-0.2, -0.15) is 0 Å². The molecule has 0 saturated heterocycles. The van der Waals surface area contributed by atoms with Gasteiger partial charge in [-0.3, -0.25) is 0 Å². The van der Waals surface area contributed by atoms with Crippen LogP contribution in [0, 0.1) is 6.92 Å². The van der Waals surface area contributed by atoms with Crippen LogP contribution in [0.25, 0.3) is 0 Å². The number of aromatic nitrogens is 2. The molecule has 0 spiro atoms. The van der Waals surface area contributed by atoms with Gasteiger partial charge in [0.25, 0.3) is 0 Å². The maximum Gasteiger partial charge on any atom is 0.0925 e. The summed E-state index contributed by atoms with van der Waals surface area (Å²) < 4.78 is 0. The molecule has 2 N–H and O–H groups in total. The molecule has 0 aliphatic carbocycles. The van der Waals surface area contributed by atoms with Crippen molar-refractivity contribution in [2.75, 3.05) is 0 Å². The first-order valence-electron chi connectivity index (χ1n) is 2.44. The zero-order chi connectivity index (χ0) is 5.98. The van der Waals surface area contributed by atoms with Crippen molar-refractivity contribution in [3.05, 3.63) is 17.7 Å². The number of halogens is 1. The molecule has 1 aromatic heterocycles. The first-order valence-corrected chi connectivity index (χ1v) is 2.44. The zero-order valence-electron chi connectivity index (χ0n) is 5.09. The van der Waals surface area contributed by atoms with Crippen LogP contribution in [0.3, 0.4) is 0 Å². The summed E-state index contributed by atoms with van der Waals surface area (Å²) in [4.78, 5) is 6.67. The summed E-state index contributed by atoms with van der Waals surface area (Å²) in [5.74, 6) is 0. The molecule has 0 bridgehead atoms. The zero-order valence-corrected chi connectivity index (χ0v) is 5.90. The molecule has 3 nitrogen and oxygen atoms in total. The van der Waals surface area contributed by atoms with Crippen molar-refractivity contribution in [1.82, 2.24) is 9.97 Å². The molecule has 1 rings (SSSR count). The van der Waals surface area contributed by atoms with E-state index < -0.39 is 0 Å². The average molecular weight is 149 g/mol. The number of H-pyrrole nitrogens is 1. The average Bonchev–Trinajstić information content (AvgIpc) is 2.14. The number of aliphatic hydroxyl groups is 1. The smallest absolute Gasteiger partial charge is 0.0925 e.